The third kappa shape index (κ3) is 2.64. The number of rotatable bonds is 4. The van der Waals surface area contributed by atoms with E-state index in [1.807, 2.05) is 31.2 Å². The summed E-state index contributed by atoms with van der Waals surface area (Å²) in [6.45, 7) is 1.94. The Labute approximate surface area is 115 Å². The highest BCUT2D eigenvalue weighted by Gasteiger charge is 2.21. The number of nitrogen functional groups attached to an aromatic ring is 1. The molecular weight excluding hydrogens is 260 g/mol. The van der Waals surface area contributed by atoms with Crippen molar-refractivity contribution in [3.63, 3.8) is 0 Å². The number of hydrogen-bond acceptors (Lipinski definition) is 7. The summed E-state index contributed by atoms with van der Waals surface area (Å²) in [6, 6.07) is 7.56. The van der Waals surface area contributed by atoms with Crippen LogP contribution in [0, 0.1) is 17.0 Å². The lowest BCUT2D eigenvalue weighted by Crippen LogP contribution is -2.17. The molecule has 0 aliphatic carbocycles. The molecule has 1 aromatic carbocycles. The van der Waals surface area contributed by atoms with Crippen LogP contribution in [0.25, 0.3) is 0 Å². The molecule has 0 atom stereocenters. The molecule has 0 saturated carbocycles. The predicted octanol–water partition coefficient (Wildman–Crippen LogP) is 1.75. The minimum absolute atomic E-state index is 0.116. The Morgan fingerprint density at radius 2 is 2.20 bits per heavy atom. The molecule has 8 heteroatoms. The Morgan fingerprint density at radius 3 is 2.80 bits per heavy atom. The van der Waals surface area contributed by atoms with Gasteiger partial charge in [0.1, 0.15) is 6.20 Å². The van der Waals surface area contributed by atoms with Crippen LogP contribution in [0.1, 0.15) is 5.56 Å². The normalized spacial score (nSPS) is 10.2. The van der Waals surface area contributed by atoms with Gasteiger partial charge in [0.25, 0.3) is 0 Å². The van der Waals surface area contributed by atoms with Crippen molar-refractivity contribution in [3.05, 3.63) is 46.1 Å². The summed E-state index contributed by atoms with van der Waals surface area (Å²) in [6.07, 6.45) is 1.13. The highest BCUT2D eigenvalue weighted by Crippen LogP contribution is 2.30. The largest absolute Gasteiger partial charge is 0.330 e. The fourth-order valence-electron chi connectivity index (χ4n) is 1.77. The standard InChI is InChI=1S/C12H14N6O2/c1-8-4-3-5-9(6-8)17(2)11-10(18(19)20)7-14-12(15-11)16-13/h3-7H,13H2,1-2H3,(H,14,15,16). The van der Waals surface area contributed by atoms with Crippen molar-refractivity contribution in [1.82, 2.24) is 9.97 Å². The van der Waals surface area contributed by atoms with E-state index in [1.165, 1.54) is 0 Å². The SMILES string of the molecule is Cc1cccc(N(C)c2nc(NN)ncc2[N+](=O)[O-])c1. The van der Waals surface area contributed by atoms with Gasteiger partial charge in [0, 0.05) is 12.7 Å². The number of nitrogens with one attached hydrogen (secondary N) is 1. The van der Waals surface area contributed by atoms with Crippen molar-refractivity contribution in [2.24, 2.45) is 5.84 Å². The van der Waals surface area contributed by atoms with E-state index >= 15 is 0 Å². The molecule has 2 rings (SSSR count). The van der Waals surface area contributed by atoms with Crippen molar-refractivity contribution in [2.45, 2.75) is 6.92 Å². The molecule has 0 aliphatic rings. The Bertz CT molecular complexity index is 646. The van der Waals surface area contributed by atoms with Crippen molar-refractivity contribution in [1.29, 1.82) is 0 Å². The molecule has 0 radical (unpaired) electrons. The van der Waals surface area contributed by atoms with Gasteiger partial charge in [0.05, 0.1) is 4.92 Å². The molecule has 0 aliphatic heterocycles. The third-order valence-corrected chi connectivity index (χ3v) is 2.78. The maximum Gasteiger partial charge on any atom is 0.330 e. The van der Waals surface area contributed by atoms with E-state index in [-0.39, 0.29) is 17.5 Å². The lowest BCUT2D eigenvalue weighted by atomic mass is 10.2. The van der Waals surface area contributed by atoms with E-state index in [0.29, 0.717) is 0 Å². The van der Waals surface area contributed by atoms with Crippen LogP contribution in [-0.2, 0) is 0 Å². The first-order valence-electron chi connectivity index (χ1n) is 5.81. The Balaban J connectivity index is 2.52. The molecule has 0 saturated heterocycles. The van der Waals surface area contributed by atoms with Gasteiger partial charge in [-0.2, -0.15) is 4.98 Å². The summed E-state index contributed by atoms with van der Waals surface area (Å²) in [5.74, 6) is 5.53. The van der Waals surface area contributed by atoms with E-state index in [2.05, 4.69) is 15.4 Å². The van der Waals surface area contributed by atoms with Crippen LogP contribution in [0.15, 0.2) is 30.5 Å². The van der Waals surface area contributed by atoms with Crippen LogP contribution < -0.4 is 16.2 Å². The first-order valence-corrected chi connectivity index (χ1v) is 5.81. The first kappa shape index (κ1) is 13.7. The minimum atomic E-state index is -0.526. The number of nitrogens with two attached hydrogens (primary N) is 1. The summed E-state index contributed by atoms with van der Waals surface area (Å²) in [5, 5.41) is 11.1. The fraction of sp³-hybridized carbons (Fsp3) is 0.167. The molecule has 0 bridgehead atoms. The van der Waals surface area contributed by atoms with Crippen molar-refractivity contribution in [3.8, 4) is 0 Å². The van der Waals surface area contributed by atoms with Crippen LogP contribution in [0.5, 0.6) is 0 Å². The van der Waals surface area contributed by atoms with Gasteiger partial charge in [0.15, 0.2) is 0 Å². The van der Waals surface area contributed by atoms with Gasteiger partial charge < -0.3 is 4.90 Å². The average molecular weight is 274 g/mol. The lowest BCUT2D eigenvalue weighted by molar-refractivity contribution is -0.384. The van der Waals surface area contributed by atoms with E-state index < -0.39 is 4.92 Å². The number of hydrazine groups is 1. The summed E-state index contributed by atoms with van der Waals surface area (Å²) >= 11 is 0. The molecule has 1 aromatic heterocycles. The van der Waals surface area contributed by atoms with Gasteiger partial charge >= 0.3 is 5.69 Å². The average Bonchev–Trinajstić information content (AvgIpc) is 2.45. The topological polar surface area (TPSA) is 110 Å². The maximum atomic E-state index is 11.1. The van der Waals surface area contributed by atoms with Crippen LogP contribution in [0.4, 0.5) is 23.1 Å². The second kappa shape index (κ2) is 5.49. The number of aromatic nitrogens is 2. The summed E-state index contributed by atoms with van der Waals surface area (Å²) < 4.78 is 0. The second-order valence-corrected chi connectivity index (χ2v) is 4.20. The molecule has 1 heterocycles. The van der Waals surface area contributed by atoms with Crippen molar-refractivity contribution in [2.75, 3.05) is 17.4 Å². The lowest BCUT2D eigenvalue weighted by Gasteiger charge is -2.18. The maximum absolute atomic E-state index is 11.1. The molecular formula is C12H14N6O2. The molecule has 0 spiro atoms. The van der Waals surface area contributed by atoms with Crippen LogP contribution in [0.3, 0.4) is 0 Å². The zero-order valence-electron chi connectivity index (χ0n) is 11.1. The predicted molar refractivity (Wildman–Crippen MR) is 75.7 cm³/mol. The summed E-state index contributed by atoms with van der Waals surface area (Å²) in [5.41, 5.74) is 3.92. The van der Waals surface area contributed by atoms with Crippen LogP contribution in [-0.4, -0.2) is 21.9 Å². The molecule has 3 N–H and O–H groups in total. The number of nitro groups is 1. The zero-order valence-corrected chi connectivity index (χ0v) is 11.1. The molecule has 0 amide bonds. The Hall–Kier alpha value is -2.74. The number of anilines is 3. The quantitative estimate of drug-likeness (QED) is 0.496. The Morgan fingerprint density at radius 1 is 1.45 bits per heavy atom. The zero-order chi connectivity index (χ0) is 14.7. The van der Waals surface area contributed by atoms with Gasteiger partial charge in [0.2, 0.25) is 11.8 Å². The van der Waals surface area contributed by atoms with Crippen molar-refractivity contribution < 1.29 is 4.92 Å². The van der Waals surface area contributed by atoms with Gasteiger partial charge in [-0.05, 0) is 24.6 Å². The minimum Gasteiger partial charge on any atom is -0.324 e. The molecule has 2 aromatic rings. The van der Waals surface area contributed by atoms with Gasteiger partial charge in [-0.15, -0.1) is 0 Å². The van der Waals surface area contributed by atoms with Gasteiger partial charge in [-0.1, -0.05) is 12.1 Å². The first-order chi connectivity index (χ1) is 9.52. The van der Waals surface area contributed by atoms with E-state index in [4.69, 9.17) is 5.84 Å². The highest BCUT2D eigenvalue weighted by atomic mass is 16.6. The smallest absolute Gasteiger partial charge is 0.324 e. The molecule has 0 fully saturated rings. The molecule has 0 unspecified atom stereocenters. The van der Waals surface area contributed by atoms with E-state index in [1.54, 1.807) is 11.9 Å². The third-order valence-electron chi connectivity index (χ3n) is 2.78. The van der Waals surface area contributed by atoms with Crippen LogP contribution in [0.2, 0.25) is 0 Å². The summed E-state index contributed by atoms with van der Waals surface area (Å²) in [7, 11) is 1.70. The van der Waals surface area contributed by atoms with Crippen LogP contribution >= 0.6 is 0 Å². The second-order valence-electron chi connectivity index (χ2n) is 4.20. The fourth-order valence-corrected chi connectivity index (χ4v) is 1.77. The van der Waals surface area contributed by atoms with E-state index in [0.717, 1.165) is 17.4 Å². The number of hydrogen-bond donors (Lipinski definition) is 2. The van der Waals surface area contributed by atoms with Crippen molar-refractivity contribution >= 4 is 23.1 Å². The monoisotopic (exact) mass is 274 g/mol. The van der Waals surface area contributed by atoms with E-state index in [9.17, 15) is 10.1 Å². The van der Waals surface area contributed by atoms with Gasteiger partial charge in [-0.25, -0.2) is 10.8 Å². The summed E-state index contributed by atoms with van der Waals surface area (Å²) in [4.78, 5) is 20.0. The molecule has 20 heavy (non-hydrogen) atoms. The highest BCUT2D eigenvalue weighted by molar-refractivity contribution is 5.68. The Kier molecular flexibility index (Phi) is 3.76. The number of aryl methyl sites for hydroxylation is 1. The van der Waals surface area contributed by atoms with Gasteiger partial charge in [-0.3, -0.25) is 15.5 Å². The molecule has 104 valence electrons. The number of nitrogens with zero attached hydrogens (tertiary/aromatic N) is 4. The molecule has 8 nitrogen and oxygen atoms in total. The number of benzene rings is 1.